The molecule has 0 fully saturated rings. The number of nitrogens with one attached hydrogen (secondary N) is 2. The number of H-pyrrole nitrogens is 1. The number of imidazole rings is 1. The summed E-state index contributed by atoms with van der Waals surface area (Å²) in [5.74, 6) is -2.08. The second-order valence-corrected chi connectivity index (χ2v) is 6.01. The molecule has 6 nitrogen and oxygen atoms in total. The van der Waals surface area contributed by atoms with Crippen LogP contribution < -0.4 is 10.5 Å². The van der Waals surface area contributed by atoms with Crippen LogP contribution >= 0.6 is 0 Å². The number of hydrogen-bond donors (Lipinski definition) is 3. The molecule has 4 N–H and O–H groups in total. The molecule has 0 unspecified atom stereocenters. The number of nitrogens with zero attached hydrogens (tertiary/aromatic N) is 1. The van der Waals surface area contributed by atoms with Crippen LogP contribution in [0.5, 0.6) is 0 Å². The smallest absolute Gasteiger partial charge is 0.243 e. The molecule has 0 amide bonds. The minimum Gasteiger partial charge on any atom is -0.349 e. The van der Waals surface area contributed by atoms with Gasteiger partial charge >= 0.3 is 0 Å². The highest BCUT2D eigenvalue weighted by atomic mass is 32.2. The largest absolute Gasteiger partial charge is 0.349 e. The number of hydrogen-bond acceptors (Lipinski definition) is 4. The zero-order valence-electron chi connectivity index (χ0n) is 10.9. The molecule has 0 radical (unpaired) electrons. The number of sulfonamides is 1. The molecule has 0 saturated heterocycles. The van der Waals surface area contributed by atoms with Gasteiger partial charge in [-0.1, -0.05) is 0 Å². The van der Waals surface area contributed by atoms with E-state index < -0.39 is 26.6 Å². The van der Waals surface area contributed by atoms with E-state index in [1.807, 2.05) is 0 Å². The second kappa shape index (κ2) is 6.29. The minimum absolute atomic E-state index is 0.00373. The van der Waals surface area contributed by atoms with E-state index in [2.05, 4.69) is 14.7 Å². The summed E-state index contributed by atoms with van der Waals surface area (Å²) < 4.78 is 53.2. The Morgan fingerprint density at radius 1 is 1.33 bits per heavy atom. The molecule has 114 valence electrons. The van der Waals surface area contributed by atoms with Crippen LogP contribution in [0.25, 0.3) is 0 Å². The highest BCUT2D eigenvalue weighted by molar-refractivity contribution is 7.89. The Balaban J connectivity index is 2.17. The van der Waals surface area contributed by atoms with Gasteiger partial charge in [0, 0.05) is 31.9 Å². The molecule has 1 aromatic carbocycles. The molecule has 21 heavy (non-hydrogen) atoms. The highest BCUT2D eigenvalue weighted by Crippen LogP contribution is 2.19. The second-order valence-electron chi connectivity index (χ2n) is 4.28. The fraction of sp³-hybridized carbons (Fsp3) is 0.250. The molecular weight excluding hydrogens is 302 g/mol. The van der Waals surface area contributed by atoms with Gasteiger partial charge in [0.25, 0.3) is 0 Å². The molecule has 0 aliphatic carbocycles. The summed E-state index contributed by atoms with van der Waals surface area (Å²) in [4.78, 5) is 5.98. The molecule has 0 saturated carbocycles. The first-order chi connectivity index (χ1) is 9.94. The van der Waals surface area contributed by atoms with Crippen molar-refractivity contribution in [3.8, 4) is 0 Å². The normalized spacial score (nSPS) is 11.8. The summed E-state index contributed by atoms with van der Waals surface area (Å²) in [5, 5.41) is 0. The Labute approximate surface area is 120 Å². The van der Waals surface area contributed by atoms with E-state index in [9.17, 15) is 17.2 Å². The Kier molecular flexibility index (Phi) is 4.66. The van der Waals surface area contributed by atoms with Crippen molar-refractivity contribution in [3.63, 3.8) is 0 Å². The molecule has 1 aromatic heterocycles. The Bertz CT molecular complexity index is 717. The molecule has 0 spiro atoms. The summed E-state index contributed by atoms with van der Waals surface area (Å²) in [6, 6.07) is 1.89. The van der Waals surface area contributed by atoms with Crippen LogP contribution in [0, 0.1) is 11.6 Å². The quantitative estimate of drug-likeness (QED) is 0.729. The van der Waals surface area contributed by atoms with Gasteiger partial charge in [-0.3, -0.25) is 0 Å². The van der Waals surface area contributed by atoms with Gasteiger partial charge in [0.15, 0.2) is 11.6 Å². The summed E-state index contributed by atoms with van der Waals surface area (Å²) in [6.45, 7) is -0.0874. The lowest BCUT2D eigenvalue weighted by molar-refractivity contribution is 0.481. The Morgan fingerprint density at radius 3 is 2.71 bits per heavy atom. The van der Waals surface area contributed by atoms with Crippen molar-refractivity contribution in [2.45, 2.75) is 17.9 Å². The number of nitrogens with two attached hydrogens (primary N) is 1. The SMILES string of the molecule is NCc1cc(F)c(F)c(S(=O)(=O)NCCc2ncc[nH]2)c1. The van der Waals surface area contributed by atoms with E-state index >= 15 is 0 Å². The van der Waals surface area contributed by atoms with Crippen LogP contribution in [0.2, 0.25) is 0 Å². The number of benzene rings is 1. The van der Waals surface area contributed by atoms with Crippen molar-refractivity contribution in [3.05, 3.63) is 47.5 Å². The predicted molar refractivity (Wildman–Crippen MR) is 71.7 cm³/mol. The maximum absolute atomic E-state index is 13.7. The van der Waals surface area contributed by atoms with E-state index in [-0.39, 0.29) is 18.7 Å². The van der Waals surface area contributed by atoms with Crippen LogP contribution in [0.3, 0.4) is 0 Å². The first kappa shape index (κ1) is 15.5. The van der Waals surface area contributed by atoms with E-state index in [4.69, 9.17) is 5.73 Å². The molecule has 0 aliphatic heterocycles. The van der Waals surface area contributed by atoms with Gasteiger partial charge in [0.2, 0.25) is 10.0 Å². The van der Waals surface area contributed by atoms with Crippen LogP contribution in [0.4, 0.5) is 8.78 Å². The lowest BCUT2D eigenvalue weighted by Crippen LogP contribution is -2.27. The number of halogens is 2. The average molecular weight is 316 g/mol. The van der Waals surface area contributed by atoms with Crippen LogP contribution in [0.1, 0.15) is 11.4 Å². The van der Waals surface area contributed by atoms with E-state index in [0.29, 0.717) is 12.2 Å². The molecule has 0 atom stereocenters. The highest BCUT2D eigenvalue weighted by Gasteiger charge is 2.22. The zero-order valence-corrected chi connectivity index (χ0v) is 11.8. The molecule has 0 aliphatic rings. The van der Waals surface area contributed by atoms with Gasteiger partial charge in [0.05, 0.1) is 0 Å². The van der Waals surface area contributed by atoms with Crippen molar-refractivity contribution in [1.82, 2.24) is 14.7 Å². The molecular formula is C12H14F2N4O2S. The first-order valence-electron chi connectivity index (χ1n) is 6.10. The third-order valence-corrected chi connectivity index (χ3v) is 4.25. The monoisotopic (exact) mass is 316 g/mol. The van der Waals surface area contributed by atoms with Gasteiger partial charge in [-0.05, 0) is 17.7 Å². The Morgan fingerprint density at radius 2 is 2.10 bits per heavy atom. The predicted octanol–water partition coefficient (Wildman–Crippen LogP) is 0.668. The van der Waals surface area contributed by atoms with E-state index in [1.165, 1.54) is 6.20 Å². The zero-order chi connectivity index (χ0) is 15.5. The lowest BCUT2D eigenvalue weighted by Gasteiger charge is -2.09. The standard InChI is InChI=1S/C12H14F2N4O2S/c13-9-5-8(7-15)6-10(12(9)14)21(19,20)18-2-1-11-16-3-4-17-11/h3-6,18H,1-2,7,15H2,(H,16,17). The maximum atomic E-state index is 13.7. The first-order valence-corrected chi connectivity index (χ1v) is 7.58. The number of aromatic nitrogens is 2. The van der Waals surface area contributed by atoms with Gasteiger partial charge in [-0.15, -0.1) is 0 Å². The summed E-state index contributed by atoms with van der Waals surface area (Å²) in [6.07, 6.45) is 3.43. The van der Waals surface area contributed by atoms with Gasteiger partial charge < -0.3 is 10.7 Å². The van der Waals surface area contributed by atoms with Crippen LogP contribution in [-0.2, 0) is 23.0 Å². The van der Waals surface area contributed by atoms with Crippen molar-refractivity contribution < 1.29 is 17.2 Å². The number of aromatic amines is 1. The third-order valence-electron chi connectivity index (χ3n) is 2.79. The van der Waals surface area contributed by atoms with Crippen molar-refractivity contribution in [2.75, 3.05) is 6.54 Å². The molecule has 1 heterocycles. The molecule has 2 rings (SSSR count). The summed E-state index contributed by atoms with van der Waals surface area (Å²) >= 11 is 0. The fourth-order valence-corrected chi connectivity index (χ4v) is 2.91. The van der Waals surface area contributed by atoms with Crippen molar-refractivity contribution in [1.29, 1.82) is 0 Å². The van der Waals surface area contributed by atoms with Crippen molar-refractivity contribution >= 4 is 10.0 Å². The molecule has 2 aromatic rings. The third kappa shape index (κ3) is 3.63. The topological polar surface area (TPSA) is 101 Å². The fourth-order valence-electron chi connectivity index (χ4n) is 1.75. The maximum Gasteiger partial charge on any atom is 0.243 e. The summed E-state index contributed by atoms with van der Waals surface area (Å²) in [7, 11) is -4.16. The Hall–Kier alpha value is -1.84. The van der Waals surface area contributed by atoms with E-state index in [0.717, 1.165) is 12.1 Å². The molecule has 9 heteroatoms. The lowest BCUT2D eigenvalue weighted by atomic mass is 10.2. The van der Waals surface area contributed by atoms with E-state index in [1.54, 1.807) is 6.20 Å². The van der Waals surface area contributed by atoms with Gasteiger partial charge in [-0.25, -0.2) is 26.9 Å². The van der Waals surface area contributed by atoms with Crippen LogP contribution in [-0.4, -0.2) is 24.9 Å². The number of rotatable bonds is 6. The van der Waals surface area contributed by atoms with Crippen LogP contribution in [0.15, 0.2) is 29.4 Å². The van der Waals surface area contributed by atoms with Gasteiger partial charge in [-0.2, -0.15) is 0 Å². The summed E-state index contributed by atoms with van der Waals surface area (Å²) in [5.41, 5.74) is 5.52. The minimum atomic E-state index is -4.16. The van der Waals surface area contributed by atoms with Crippen molar-refractivity contribution in [2.24, 2.45) is 5.73 Å². The molecule has 0 bridgehead atoms. The van der Waals surface area contributed by atoms with Gasteiger partial charge in [0.1, 0.15) is 10.7 Å². The average Bonchev–Trinajstić information content (AvgIpc) is 2.94.